The number of esters is 1. The molecule has 1 heterocycles. The first-order chi connectivity index (χ1) is 11.0. The number of benzene rings is 2. The fraction of sp³-hybridized carbons (Fsp3) is 0.350. The predicted octanol–water partition coefficient (Wildman–Crippen LogP) is 4.58. The molecule has 2 aromatic rings. The SMILES string of the molecule is C[Si](C)(Cc1ccccc1)C[C@H]1C[C@@H](c2ccccc2)C(=O)O1. The third kappa shape index (κ3) is 4.11. The van der Waals surface area contributed by atoms with E-state index in [2.05, 4.69) is 43.4 Å². The van der Waals surface area contributed by atoms with Gasteiger partial charge in [0.15, 0.2) is 0 Å². The van der Waals surface area contributed by atoms with Crippen molar-refractivity contribution >= 4 is 14.0 Å². The number of rotatable bonds is 5. The van der Waals surface area contributed by atoms with Crippen LogP contribution in [0.4, 0.5) is 0 Å². The molecule has 1 saturated heterocycles. The van der Waals surface area contributed by atoms with Crippen LogP contribution in [0.1, 0.15) is 23.5 Å². The molecule has 2 atom stereocenters. The normalized spacial score (nSPS) is 21.2. The van der Waals surface area contributed by atoms with Crippen LogP contribution in [0.2, 0.25) is 19.1 Å². The minimum absolute atomic E-state index is 0.0503. The van der Waals surface area contributed by atoms with Crippen LogP contribution in [0.5, 0.6) is 0 Å². The second-order valence-electron chi connectivity index (χ2n) is 7.29. The summed E-state index contributed by atoms with van der Waals surface area (Å²) in [6.07, 6.45) is 0.909. The summed E-state index contributed by atoms with van der Waals surface area (Å²) in [6.45, 7) is 4.79. The maximum absolute atomic E-state index is 12.2. The Bertz CT molecular complexity index is 652. The van der Waals surface area contributed by atoms with Crippen molar-refractivity contribution in [3.63, 3.8) is 0 Å². The van der Waals surface area contributed by atoms with Crippen molar-refractivity contribution in [1.82, 2.24) is 0 Å². The third-order valence-electron chi connectivity index (χ3n) is 4.57. The van der Waals surface area contributed by atoms with Crippen molar-refractivity contribution in [2.45, 2.75) is 43.6 Å². The van der Waals surface area contributed by atoms with Gasteiger partial charge >= 0.3 is 5.97 Å². The molecule has 1 aliphatic rings. The number of cyclic esters (lactones) is 1. The molecule has 0 unspecified atom stereocenters. The summed E-state index contributed by atoms with van der Waals surface area (Å²) in [4.78, 5) is 12.2. The van der Waals surface area contributed by atoms with Crippen molar-refractivity contribution in [2.75, 3.05) is 0 Å². The van der Waals surface area contributed by atoms with Gasteiger partial charge in [0.1, 0.15) is 6.10 Å². The molecule has 0 aliphatic carbocycles. The Morgan fingerprint density at radius 2 is 1.61 bits per heavy atom. The van der Waals surface area contributed by atoms with E-state index in [1.165, 1.54) is 5.56 Å². The van der Waals surface area contributed by atoms with Gasteiger partial charge in [-0.3, -0.25) is 4.79 Å². The van der Waals surface area contributed by atoms with Gasteiger partial charge in [0, 0.05) is 6.42 Å². The minimum atomic E-state index is -1.45. The van der Waals surface area contributed by atoms with Crippen LogP contribution in [0.25, 0.3) is 0 Å². The Labute approximate surface area is 139 Å². The van der Waals surface area contributed by atoms with Crippen LogP contribution in [-0.2, 0) is 15.6 Å². The van der Waals surface area contributed by atoms with E-state index in [4.69, 9.17) is 4.74 Å². The molecular weight excluding hydrogens is 300 g/mol. The van der Waals surface area contributed by atoms with E-state index in [9.17, 15) is 4.79 Å². The molecule has 3 heteroatoms. The van der Waals surface area contributed by atoms with Crippen molar-refractivity contribution in [2.24, 2.45) is 0 Å². The maximum atomic E-state index is 12.2. The Kier molecular flexibility index (Phi) is 4.67. The second kappa shape index (κ2) is 6.71. The van der Waals surface area contributed by atoms with Gasteiger partial charge in [-0.15, -0.1) is 0 Å². The summed E-state index contributed by atoms with van der Waals surface area (Å²) in [6, 6.07) is 22.8. The van der Waals surface area contributed by atoms with Gasteiger partial charge in [-0.1, -0.05) is 79.3 Å². The third-order valence-corrected chi connectivity index (χ3v) is 7.50. The van der Waals surface area contributed by atoms with Crippen molar-refractivity contribution < 1.29 is 9.53 Å². The van der Waals surface area contributed by atoms with E-state index in [0.717, 1.165) is 24.1 Å². The first kappa shape index (κ1) is 16.0. The number of hydrogen-bond acceptors (Lipinski definition) is 2. The summed E-state index contributed by atoms with van der Waals surface area (Å²) >= 11 is 0. The molecule has 23 heavy (non-hydrogen) atoms. The largest absolute Gasteiger partial charge is 0.462 e. The van der Waals surface area contributed by atoms with Gasteiger partial charge in [0.2, 0.25) is 0 Å². The highest BCUT2D eigenvalue weighted by atomic mass is 28.3. The van der Waals surface area contributed by atoms with E-state index >= 15 is 0 Å². The number of carbonyl (C=O) groups is 1. The smallest absolute Gasteiger partial charge is 0.313 e. The zero-order valence-electron chi connectivity index (χ0n) is 13.9. The lowest BCUT2D eigenvalue weighted by Crippen LogP contribution is -2.33. The zero-order valence-corrected chi connectivity index (χ0v) is 14.9. The van der Waals surface area contributed by atoms with Crippen LogP contribution in [0, 0.1) is 0 Å². The Balaban J connectivity index is 1.63. The summed E-state index contributed by atoms with van der Waals surface area (Å²) in [5.74, 6) is -0.131. The molecule has 3 rings (SSSR count). The van der Waals surface area contributed by atoms with Crippen LogP contribution >= 0.6 is 0 Å². The fourth-order valence-corrected chi connectivity index (χ4v) is 6.54. The van der Waals surface area contributed by atoms with Gasteiger partial charge in [-0.2, -0.15) is 0 Å². The maximum Gasteiger partial charge on any atom is 0.313 e. The number of ether oxygens (including phenoxy) is 1. The molecule has 1 aliphatic heterocycles. The highest BCUT2D eigenvalue weighted by Crippen LogP contribution is 2.35. The van der Waals surface area contributed by atoms with Crippen LogP contribution in [0.15, 0.2) is 60.7 Å². The monoisotopic (exact) mass is 324 g/mol. The van der Waals surface area contributed by atoms with Crippen molar-refractivity contribution in [3.05, 3.63) is 71.8 Å². The van der Waals surface area contributed by atoms with E-state index in [1.807, 2.05) is 30.3 Å². The van der Waals surface area contributed by atoms with Crippen molar-refractivity contribution in [1.29, 1.82) is 0 Å². The van der Waals surface area contributed by atoms with E-state index in [-0.39, 0.29) is 18.0 Å². The lowest BCUT2D eigenvalue weighted by atomic mass is 9.96. The first-order valence-electron chi connectivity index (χ1n) is 8.33. The molecule has 0 N–H and O–H groups in total. The van der Waals surface area contributed by atoms with Crippen LogP contribution in [0.3, 0.4) is 0 Å². The molecular formula is C20H24O2Si. The van der Waals surface area contributed by atoms with Gasteiger partial charge in [-0.05, 0) is 17.7 Å². The molecule has 1 fully saturated rings. The van der Waals surface area contributed by atoms with Gasteiger partial charge < -0.3 is 4.74 Å². The minimum Gasteiger partial charge on any atom is -0.462 e. The van der Waals surface area contributed by atoms with Crippen LogP contribution < -0.4 is 0 Å². The molecule has 0 radical (unpaired) electrons. The average Bonchev–Trinajstić information content (AvgIpc) is 2.88. The first-order valence-corrected chi connectivity index (χ1v) is 11.7. The molecule has 0 amide bonds. The Morgan fingerprint density at radius 3 is 2.26 bits per heavy atom. The molecule has 120 valence electrons. The Hall–Kier alpha value is -1.87. The Morgan fingerprint density at radius 1 is 1.00 bits per heavy atom. The highest BCUT2D eigenvalue weighted by Gasteiger charge is 2.38. The molecule has 0 spiro atoms. The second-order valence-corrected chi connectivity index (χ2v) is 12.4. The quantitative estimate of drug-likeness (QED) is 0.594. The summed E-state index contributed by atoms with van der Waals surface area (Å²) in [5.41, 5.74) is 2.48. The van der Waals surface area contributed by atoms with E-state index in [1.54, 1.807) is 0 Å². The summed E-state index contributed by atoms with van der Waals surface area (Å²) < 4.78 is 5.70. The lowest BCUT2D eigenvalue weighted by molar-refractivity contribution is -0.141. The van der Waals surface area contributed by atoms with Crippen LogP contribution in [-0.4, -0.2) is 20.1 Å². The topological polar surface area (TPSA) is 26.3 Å². The number of carbonyl (C=O) groups excluding carboxylic acids is 1. The summed E-state index contributed by atoms with van der Waals surface area (Å²) in [5, 5.41) is 0. The molecule has 0 aromatic heterocycles. The summed E-state index contributed by atoms with van der Waals surface area (Å²) in [7, 11) is -1.45. The van der Waals surface area contributed by atoms with Gasteiger partial charge in [-0.25, -0.2) is 0 Å². The molecule has 0 bridgehead atoms. The number of hydrogen-bond donors (Lipinski definition) is 0. The van der Waals surface area contributed by atoms with Crippen molar-refractivity contribution in [3.8, 4) is 0 Å². The van der Waals surface area contributed by atoms with Gasteiger partial charge in [0.05, 0.1) is 14.0 Å². The molecule has 2 nitrogen and oxygen atoms in total. The standard InChI is InChI=1S/C20H24O2Si/c1-23(2,14-16-9-5-3-6-10-16)15-18-13-19(20(21)22-18)17-11-7-4-8-12-17/h3-12,18-19H,13-15H2,1-2H3/t18-,19+/m1/s1. The predicted molar refractivity (Wildman–Crippen MR) is 96.1 cm³/mol. The molecule has 0 saturated carbocycles. The average molecular weight is 324 g/mol. The van der Waals surface area contributed by atoms with E-state index in [0.29, 0.717) is 0 Å². The zero-order chi connectivity index (χ0) is 16.3. The van der Waals surface area contributed by atoms with Gasteiger partial charge in [0.25, 0.3) is 0 Å². The lowest BCUT2D eigenvalue weighted by Gasteiger charge is -2.25. The highest BCUT2D eigenvalue weighted by molar-refractivity contribution is 6.77. The van der Waals surface area contributed by atoms with E-state index < -0.39 is 8.07 Å². The fourth-order valence-electron chi connectivity index (χ4n) is 3.57. The molecule has 2 aromatic carbocycles.